The first-order chi connectivity index (χ1) is 7.68. The van der Waals surface area contributed by atoms with Crippen molar-refractivity contribution in [3.05, 3.63) is 0 Å². The van der Waals surface area contributed by atoms with Crippen molar-refractivity contribution in [3.8, 4) is 0 Å². The molecule has 0 aliphatic rings. The van der Waals surface area contributed by atoms with E-state index in [0.717, 1.165) is 6.42 Å². The first kappa shape index (κ1) is 15.9. The Morgan fingerprint density at radius 2 is 1.94 bits per heavy atom. The van der Waals surface area contributed by atoms with Gasteiger partial charge in [-0.15, -0.1) is 0 Å². The predicted molar refractivity (Wildman–Crippen MR) is 71.1 cm³/mol. The minimum Gasteiger partial charge on any atom is -0.370 e. The number of hydrogen-bond donors (Lipinski definition) is 4. The summed E-state index contributed by atoms with van der Waals surface area (Å²) in [6.45, 7) is 10.2. The largest absolute Gasteiger partial charge is 0.370 e. The average Bonchev–Trinajstić information content (AvgIpc) is 2.21. The first-order valence-corrected chi connectivity index (χ1v) is 6.06. The molecule has 0 radical (unpaired) electrons. The second-order valence-electron chi connectivity index (χ2n) is 5.44. The number of ketones is 1. The molecule has 2 unspecified atom stereocenters. The highest BCUT2D eigenvalue weighted by molar-refractivity contribution is 5.89. The maximum absolute atomic E-state index is 12.2. The molecule has 0 aliphatic heterocycles. The van der Waals surface area contributed by atoms with Crippen molar-refractivity contribution < 1.29 is 4.79 Å². The number of carbonyl (C=O) groups excluding carboxylic acids is 1. The van der Waals surface area contributed by atoms with E-state index in [0.29, 0.717) is 6.54 Å². The van der Waals surface area contributed by atoms with Crippen LogP contribution in [0.1, 0.15) is 41.0 Å². The summed E-state index contributed by atoms with van der Waals surface area (Å²) < 4.78 is 0. The van der Waals surface area contributed by atoms with E-state index in [1.165, 1.54) is 0 Å². The molecule has 100 valence electrons. The zero-order chi connectivity index (χ0) is 13.6. The van der Waals surface area contributed by atoms with Crippen molar-refractivity contribution in [2.45, 2.75) is 53.1 Å². The minimum atomic E-state index is -0.399. The lowest BCUT2D eigenvalue weighted by molar-refractivity contribution is -0.128. The van der Waals surface area contributed by atoms with Gasteiger partial charge in [0.05, 0.1) is 6.04 Å². The Bertz CT molecular complexity index is 270. The summed E-state index contributed by atoms with van der Waals surface area (Å²) in [7, 11) is 0. The van der Waals surface area contributed by atoms with Crippen molar-refractivity contribution in [2.24, 2.45) is 11.1 Å². The molecular weight excluding hydrogens is 216 g/mol. The molecule has 0 spiro atoms. The van der Waals surface area contributed by atoms with Crippen LogP contribution in [-0.2, 0) is 4.79 Å². The predicted octanol–water partition coefficient (Wildman–Crippen LogP) is 0.841. The van der Waals surface area contributed by atoms with Crippen LogP contribution in [0.4, 0.5) is 0 Å². The molecular formula is C12H26N4O. The van der Waals surface area contributed by atoms with Crippen LogP contribution in [0.5, 0.6) is 0 Å². The molecule has 0 aromatic rings. The highest BCUT2D eigenvalue weighted by Gasteiger charge is 2.30. The molecule has 0 saturated heterocycles. The van der Waals surface area contributed by atoms with E-state index < -0.39 is 5.41 Å². The van der Waals surface area contributed by atoms with Gasteiger partial charge in [0.25, 0.3) is 0 Å². The SMILES string of the molecule is CCC(C)NC(CNC(=N)N)C(=O)C(C)(C)C. The third-order valence-electron chi connectivity index (χ3n) is 2.65. The summed E-state index contributed by atoms with van der Waals surface area (Å²) in [6, 6.07) is -0.0473. The molecule has 0 aromatic carbocycles. The molecule has 0 fully saturated rings. The molecule has 5 N–H and O–H groups in total. The molecule has 0 aliphatic carbocycles. The van der Waals surface area contributed by atoms with Crippen LogP contribution in [0, 0.1) is 10.8 Å². The summed E-state index contributed by atoms with van der Waals surface area (Å²) in [4.78, 5) is 12.2. The maximum atomic E-state index is 12.2. The van der Waals surface area contributed by atoms with Gasteiger partial charge in [0, 0.05) is 18.0 Å². The van der Waals surface area contributed by atoms with Crippen LogP contribution >= 0.6 is 0 Å². The zero-order valence-electron chi connectivity index (χ0n) is 11.6. The quantitative estimate of drug-likeness (QED) is 0.410. The molecule has 0 rings (SSSR count). The number of nitrogens with two attached hydrogens (primary N) is 1. The van der Waals surface area contributed by atoms with E-state index in [1.54, 1.807) is 0 Å². The standard InChI is InChI=1S/C12H26N4O/c1-6-8(2)16-9(7-15-11(13)14)10(17)12(3,4)5/h8-9,16H,6-7H2,1-5H3,(H4,13,14,15). The van der Waals surface area contributed by atoms with Crippen LogP contribution in [0.2, 0.25) is 0 Å². The van der Waals surface area contributed by atoms with Crippen LogP contribution in [0.25, 0.3) is 0 Å². The molecule has 5 nitrogen and oxygen atoms in total. The number of carbonyl (C=O) groups is 1. The molecule has 0 bridgehead atoms. The Kier molecular flexibility index (Phi) is 6.16. The Morgan fingerprint density at radius 3 is 2.29 bits per heavy atom. The normalized spacial score (nSPS) is 15.1. The van der Waals surface area contributed by atoms with Crippen molar-refractivity contribution in [3.63, 3.8) is 0 Å². The number of Topliss-reactive ketones (excluding diaryl/α,β-unsaturated/α-hetero) is 1. The Morgan fingerprint density at radius 1 is 1.41 bits per heavy atom. The van der Waals surface area contributed by atoms with E-state index in [2.05, 4.69) is 17.6 Å². The summed E-state index contributed by atoms with van der Waals surface area (Å²) in [5.41, 5.74) is 4.85. The number of nitrogens with one attached hydrogen (secondary N) is 3. The van der Waals surface area contributed by atoms with Crippen molar-refractivity contribution in [1.29, 1.82) is 5.41 Å². The monoisotopic (exact) mass is 242 g/mol. The van der Waals surface area contributed by atoms with Gasteiger partial charge >= 0.3 is 0 Å². The lowest BCUT2D eigenvalue weighted by atomic mass is 9.86. The third kappa shape index (κ3) is 6.26. The van der Waals surface area contributed by atoms with Crippen molar-refractivity contribution in [1.82, 2.24) is 10.6 Å². The van der Waals surface area contributed by atoms with Gasteiger partial charge in [-0.25, -0.2) is 0 Å². The maximum Gasteiger partial charge on any atom is 0.185 e. The number of guanidine groups is 1. The van der Waals surface area contributed by atoms with Gasteiger partial charge in [0.1, 0.15) is 0 Å². The van der Waals surface area contributed by atoms with Gasteiger partial charge in [0.15, 0.2) is 11.7 Å². The highest BCUT2D eigenvalue weighted by atomic mass is 16.1. The van der Waals surface area contributed by atoms with Gasteiger partial charge in [0.2, 0.25) is 0 Å². The van der Waals surface area contributed by atoms with Crippen LogP contribution in [0.15, 0.2) is 0 Å². The molecule has 0 saturated carbocycles. The number of rotatable bonds is 6. The summed E-state index contributed by atoms with van der Waals surface area (Å²) in [5.74, 6) is 0.0224. The van der Waals surface area contributed by atoms with Gasteiger partial charge in [-0.3, -0.25) is 10.2 Å². The highest BCUT2D eigenvalue weighted by Crippen LogP contribution is 2.17. The lowest BCUT2D eigenvalue weighted by Gasteiger charge is -2.28. The molecule has 5 heteroatoms. The Balaban J connectivity index is 4.60. The van der Waals surface area contributed by atoms with Gasteiger partial charge in [-0.2, -0.15) is 0 Å². The van der Waals surface area contributed by atoms with E-state index >= 15 is 0 Å². The van der Waals surface area contributed by atoms with Crippen LogP contribution in [0.3, 0.4) is 0 Å². The number of hydrogen-bond acceptors (Lipinski definition) is 3. The Labute approximate surface area is 104 Å². The molecule has 17 heavy (non-hydrogen) atoms. The fourth-order valence-electron chi connectivity index (χ4n) is 1.42. The fourth-order valence-corrected chi connectivity index (χ4v) is 1.42. The molecule has 0 heterocycles. The van der Waals surface area contributed by atoms with E-state index in [4.69, 9.17) is 11.1 Å². The fraction of sp³-hybridized carbons (Fsp3) is 0.833. The molecule has 0 amide bonds. The molecule has 2 atom stereocenters. The van der Waals surface area contributed by atoms with Gasteiger partial charge in [-0.05, 0) is 13.3 Å². The second-order valence-corrected chi connectivity index (χ2v) is 5.44. The summed E-state index contributed by atoms with van der Waals surface area (Å²) >= 11 is 0. The first-order valence-electron chi connectivity index (χ1n) is 6.06. The van der Waals surface area contributed by atoms with Gasteiger partial charge < -0.3 is 16.4 Å². The smallest absolute Gasteiger partial charge is 0.185 e. The lowest BCUT2D eigenvalue weighted by Crippen LogP contribution is -2.53. The summed E-state index contributed by atoms with van der Waals surface area (Å²) in [5, 5.41) is 13.1. The second kappa shape index (κ2) is 6.59. The van der Waals surface area contributed by atoms with E-state index in [9.17, 15) is 4.79 Å². The minimum absolute atomic E-state index is 0.109. The van der Waals surface area contributed by atoms with Crippen molar-refractivity contribution in [2.75, 3.05) is 6.54 Å². The topological polar surface area (TPSA) is 91.0 Å². The Hall–Kier alpha value is -1.10. The zero-order valence-corrected chi connectivity index (χ0v) is 11.6. The average molecular weight is 242 g/mol. The summed E-state index contributed by atoms with van der Waals surface area (Å²) in [6.07, 6.45) is 0.952. The van der Waals surface area contributed by atoms with E-state index in [-0.39, 0.29) is 23.8 Å². The third-order valence-corrected chi connectivity index (χ3v) is 2.65. The van der Waals surface area contributed by atoms with Crippen LogP contribution in [-0.4, -0.2) is 30.4 Å². The van der Waals surface area contributed by atoms with Gasteiger partial charge in [-0.1, -0.05) is 27.7 Å². The molecule has 0 aromatic heterocycles. The van der Waals surface area contributed by atoms with Crippen molar-refractivity contribution >= 4 is 11.7 Å². The van der Waals surface area contributed by atoms with Crippen LogP contribution < -0.4 is 16.4 Å². The van der Waals surface area contributed by atoms with E-state index in [1.807, 2.05) is 27.7 Å².